The Morgan fingerprint density at radius 3 is 2.35 bits per heavy atom. The van der Waals surface area contributed by atoms with Crippen molar-refractivity contribution in [3.63, 3.8) is 0 Å². The second kappa shape index (κ2) is 6.10. The lowest BCUT2D eigenvalue weighted by Gasteiger charge is -2.18. The molecule has 0 bridgehead atoms. The highest BCUT2D eigenvalue weighted by Gasteiger charge is 2.43. The van der Waals surface area contributed by atoms with E-state index in [1.54, 1.807) is 0 Å². The summed E-state index contributed by atoms with van der Waals surface area (Å²) in [7, 11) is -9.72. The van der Waals surface area contributed by atoms with Crippen molar-refractivity contribution in [3.8, 4) is 0 Å². The van der Waals surface area contributed by atoms with E-state index in [1.807, 2.05) is 24.3 Å². The summed E-state index contributed by atoms with van der Waals surface area (Å²) >= 11 is 2.40. The van der Waals surface area contributed by atoms with Gasteiger partial charge >= 0.3 is 15.2 Å². The average molecular weight is 357 g/mol. The number of rotatable bonds is 4. The first-order valence-electron chi connectivity index (χ1n) is 5.50. The zero-order valence-corrected chi connectivity index (χ0v) is 13.4. The predicted molar refractivity (Wildman–Crippen MR) is 81.2 cm³/mol. The summed E-state index contributed by atoms with van der Waals surface area (Å²) in [5.41, 5.74) is 0. The third-order valence-corrected chi connectivity index (χ3v) is 9.41. The molecule has 0 saturated carbocycles. The molecule has 4 N–H and O–H groups in total. The Hall–Kier alpha value is 0.150. The van der Waals surface area contributed by atoms with Crippen molar-refractivity contribution in [2.45, 2.75) is 16.7 Å². The van der Waals surface area contributed by atoms with E-state index in [0.29, 0.717) is 4.38 Å². The molecule has 0 aromatic rings. The molecule has 0 amide bonds. The summed E-state index contributed by atoms with van der Waals surface area (Å²) in [5.74, 6) is -0.368. The van der Waals surface area contributed by atoms with Crippen LogP contribution < -0.4 is 0 Å². The van der Waals surface area contributed by atoms with E-state index < -0.39 is 20.6 Å². The molecule has 0 spiro atoms. The standard InChI is InChI=1S/C9H13NO6P2S2/c11-17(12,13)8(18(14,15)16)5-19-9-10-6-3-1-2-4-7(6)20-9/h1-4,6-8H,5H2,(H2,11,12,13)(H2,14,15,16). The molecule has 1 heterocycles. The number of hydrogen-bond acceptors (Lipinski definition) is 5. The molecule has 0 radical (unpaired) electrons. The lowest BCUT2D eigenvalue weighted by molar-refractivity contribution is 0.343. The van der Waals surface area contributed by atoms with E-state index in [4.69, 9.17) is 19.6 Å². The summed E-state index contributed by atoms with van der Waals surface area (Å²) in [5, 5.41) is -1.84. The molecule has 1 aliphatic heterocycles. The monoisotopic (exact) mass is 357 g/mol. The van der Waals surface area contributed by atoms with Crippen molar-refractivity contribution < 1.29 is 28.7 Å². The topological polar surface area (TPSA) is 127 Å². The molecule has 2 unspecified atom stereocenters. The maximum absolute atomic E-state index is 11.2. The SMILES string of the molecule is O=P(O)(O)C(CSC1=NC2C=CC=CC2S1)P(=O)(O)O. The smallest absolute Gasteiger partial charge is 0.324 e. The third-order valence-electron chi connectivity index (χ3n) is 2.68. The fourth-order valence-corrected chi connectivity index (χ4v) is 7.42. The second-order valence-electron chi connectivity index (χ2n) is 4.21. The Labute approximate surface area is 124 Å². The molecular weight excluding hydrogens is 344 g/mol. The fourth-order valence-electron chi connectivity index (χ4n) is 1.68. The van der Waals surface area contributed by atoms with Crippen molar-refractivity contribution in [3.05, 3.63) is 24.3 Å². The Kier molecular flexibility index (Phi) is 5.04. The first kappa shape index (κ1) is 16.5. The maximum Gasteiger partial charge on any atom is 0.341 e. The van der Waals surface area contributed by atoms with Crippen molar-refractivity contribution in [2.75, 3.05) is 5.75 Å². The van der Waals surface area contributed by atoms with E-state index in [9.17, 15) is 9.13 Å². The molecule has 0 aromatic heterocycles. The van der Waals surface area contributed by atoms with Crippen LogP contribution >= 0.6 is 38.7 Å². The van der Waals surface area contributed by atoms with Crippen LogP contribution in [0.3, 0.4) is 0 Å². The van der Waals surface area contributed by atoms with Gasteiger partial charge in [-0.2, -0.15) is 0 Å². The largest absolute Gasteiger partial charge is 0.341 e. The summed E-state index contributed by atoms with van der Waals surface area (Å²) in [4.78, 5) is 40.5. The number of hydrogen-bond donors (Lipinski definition) is 4. The van der Waals surface area contributed by atoms with Gasteiger partial charge < -0.3 is 19.6 Å². The lowest BCUT2D eigenvalue weighted by atomic mass is 10.1. The van der Waals surface area contributed by atoms with Gasteiger partial charge in [-0.25, -0.2) is 0 Å². The van der Waals surface area contributed by atoms with Gasteiger partial charge in [-0.05, 0) is 0 Å². The predicted octanol–water partition coefficient (Wildman–Crippen LogP) is 1.37. The number of thioether (sulfide) groups is 2. The van der Waals surface area contributed by atoms with Gasteiger partial charge in [0.1, 0.15) is 4.38 Å². The summed E-state index contributed by atoms with van der Waals surface area (Å²) in [6, 6.07) is -0.0175. The molecule has 2 aliphatic rings. The number of fused-ring (bicyclic) bond motifs is 1. The zero-order valence-electron chi connectivity index (χ0n) is 10.0. The highest BCUT2D eigenvalue weighted by Crippen LogP contribution is 2.61. The molecule has 1 aliphatic carbocycles. The van der Waals surface area contributed by atoms with E-state index in [-0.39, 0.29) is 17.0 Å². The zero-order chi connectivity index (χ0) is 15.0. The van der Waals surface area contributed by atoms with Gasteiger partial charge in [-0.1, -0.05) is 47.8 Å². The average Bonchev–Trinajstić information content (AvgIpc) is 2.67. The van der Waals surface area contributed by atoms with Crippen LogP contribution in [0.2, 0.25) is 0 Å². The van der Waals surface area contributed by atoms with E-state index in [1.165, 1.54) is 11.8 Å². The van der Waals surface area contributed by atoms with Crippen molar-refractivity contribution in [2.24, 2.45) is 4.99 Å². The van der Waals surface area contributed by atoms with Gasteiger partial charge in [0.15, 0.2) is 5.40 Å². The minimum atomic E-state index is -4.86. The second-order valence-corrected chi connectivity index (χ2v) is 10.7. The Morgan fingerprint density at radius 1 is 1.20 bits per heavy atom. The molecule has 0 aromatic carbocycles. The summed E-state index contributed by atoms with van der Waals surface area (Å²) in [6.45, 7) is 0. The van der Waals surface area contributed by atoms with Crippen LogP contribution in [0.4, 0.5) is 0 Å². The van der Waals surface area contributed by atoms with E-state index in [0.717, 1.165) is 11.8 Å². The highest BCUT2D eigenvalue weighted by atomic mass is 32.2. The molecule has 0 saturated heterocycles. The Balaban J connectivity index is 2.01. The lowest BCUT2D eigenvalue weighted by Crippen LogP contribution is -2.13. The molecule has 11 heteroatoms. The normalized spacial score (nSPS) is 25.9. The maximum atomic E-state index is 11.2. The molecular formula is C9H13NO6P2S2. The summed E-state index contributed by atoms with van der Waals surface area (Å²) < 4.78 is 22.9. The van der Waals surface area contributed by atoms with E-state index in [2.05, 4.69) is 4.99 Å². The van der Waals surface area contributed by atoms with E-state index >= 15 is 0 Å². The van der Waals surface area contributed by atoms with Crippen molar-refractivity contribution in [1.29, 1.82) is 0 Å². The van der Waals surface area contributed by atoms with Gasteiger partial charge in [0.05, 0.1) is 11.3 Å². The Bertz CT molecular complexity index is 543. The molecule has 7 nitrogen and oxygen atoms in total. The van der Waals surface area contributed by atoms with Crippen LogP contribution in [0.5, 0.6) is 0 Å². The molecule has 112 valence electrons. The van der Waals surface area contributed by atoms with Crippen LogP contribution in [-0.2, 0) is 9.13 Å². The van der Waals surface area contributed by atoms with Crippen LogP contribution in [0, 0.1) is 0 Å². The molecule has 2 atom stereocenters. The summed E-state index contributed by atoms with van der Waals surface area (Å²) in [6.07, 6.45) is 7.64. The van der Waals surface area contributed by atoms with Crippen LogP contribution in [0.15, 0.2) is 29.3 Å². The van der Waals surface area contributed by atoms with Gasteiger partial charge in [0.2, 0.25) is 0 Å². The first-order chi connectivity index (χ1) is 9.18. The quantitative estimate of drug-likeness (QED) is 0.556. The minimum Gasteiger partial charge on any atom is -0.324 e. The van der Waals surface area contributed by atoms with Gasteiger partial charge in [-0.3, -0.25) is 14.1 Å². The number of nitrogens with zero attached hydrogens (tertiary/aromatic N) is 1. The number of aliphatic imine (C=N–C) groups is 1. The Morgan fingerprint density at radius 2 is 1.80 bits per heavy atom. The molecule has 0 fully saturated rings. The third kappa shape index (κ3) is 4.08. The first-order valence-corrected chi connectivity index (χ1v) is 10.7. The molecule has 20 heavy (non-hydrogen) atoms. The van der Waals surface area contributed by atoms with Crippen molar-refractivity contribution >= 4 is 43.1 Å². The highest BCUT2D eigenvalue weighted by molar-refractivity contribution is 8.39. The fraction of sp³-hybridized carbons (Fsp3) is 0.444. The van der Waals surface area contributed by atoms with Gasteiger partial charge in [0.25, 0.3) is 0 Å². The minimum absolute atomic E-state index is 0.0175. The van der Waals surface area contributed by atoms with Crippen LogP contribution in [0.1, 0.15) is 0 Å². The van der Waals surface area contributed by atoms with Crippen molar-refractivity contribution in [1.82, 2.24) is 0 Å². The van der Waals surface area contributed by atoms with Crippen LogP contribution in [0.25, 0.3) is 0 Å². The van der Waals surface area contributed by atoms with Gasteiger partial charge in [-0.15, -0.1) is 0 Å². The van der Waals surface area contributed by atoms with Gasteiger partial charge in [0, 0.05) is 5.75 Å². The van der Waals surface area contributed by atoms with Crippen LogP contribution in [-0.4, -0.2) is 46.4 Å². The molecule has 2 rings (SSSR count). The number of allylic oxidation sites excluding steroid dienone is 2.